The van der Waals surface area contributed by atoms with Crippen LogP contribution in [0.2, 0.25) is 0 Å². The highest BCUT2D eigenvalue weighted by Gasteiger charge is 2.34. The zero-order valence-corrected chi connectivity index (χ0v) is 15.3. The number of alkyl halides is 3. The second-order valence-corrected chi connectivity index (χ2v) is 7.28. The van der Waals surface area contributed by atoms with Gasteiger partial charge in [-0.15, -0.1) is 0 Å². The highest BCUT2D eigenvalue weighted by atomic mass is 19.4. The zero-order chi connectivity index (χ0) is 19.6. The van der Waals surface area contributed by atoms with Crippen LogP contribution in [-0.2, 0) is 17.4 Å². The van der Waals surface area contributed by atoms with E-state index in [2.05, 4.69) is 9.97 Å². The Hall–Kier alpha value is -1.96. The van der Waals surface area contributed by atoms with Gasteiger partial charge in [-0.1, -0.05) is 6.92 Å². The van der Waals surface area contributed by atoms with E-state index in [-0.39, 0.29) is 24.3 Å². The minimum absolute atomic E-state index is 0.0291. The normalized spacial score (nSPS) is 16.5. The summed E-state index contributed by atoms with van der Waals surface area (Å²) in [5.41, 5.74) is -0.116. The van der Waals surface area contributed by atoms with Crippen molar-refractivity contribution in [3.8, 4) is 0 Å². The summed E-state index contributed by atoms with van der Waals surface area (Å²) in [5, 5.41) is 9.01. The number of aliphatic hydroxyl groups is 1. The molecule has 3 rings (SSSR count). The van der Waals surface area contributed by atoms with E-state index in [9.17, 15) is 18.0 Å². The summed E-state index contributed by atoms with van der Waals surface area (Å²) in [6.45, 7) is 1.55. The number of carbonyl (C=O) groups is 1. The van der Waals surface area contributed by atoms with Gasteiger partial charge in [-0.2, -0.15) is 13.2 Å². The highest BCUT2D eigenvalue weighted by Crippen LogP contribution is 2.36. The number of fused-ring (bicyclic) bond motifs is 1. The van der Waals surface area contributed by atoms with Crippen LogP contribution in [0, 0.1) is 5.92 Å². The van der Waals surface area contributed by atoms with Gasteiger partial charge in [0.15, 0.2) is 5.65 Å². The van der Waals surface area contributed by atoms with Crippen LogP contribution in [0.4, 0.5) is 13.2 Å². The topological polar surface area (TPSA) is 68.0 Å². The fourth-order valence-electron chi connectivity index (χ4n) is 3.31. The molecule has 0 unspecified atom stereocenters. The molecule has 8 heteroatoms. The number of nitrogens with zero attached hydrogens (tertiary/aromatic N) is 3. The van der Waals surface area contributed by atoms with E-state index in [0.29, 0.717) is 36.8 Å². The minimum Gasteiger partial charge on any atom is -0.396 e. The molecule has 148 valence electrons. The molecule has 1 saturated carbocycles. The Kier molecular flexibility index (Phi) is 5.83. The van der Waals surface area contributed by atoms with E-state index >= 15 is 0 Å². The van der Waals surface area contributed by atoms with Crippen LogP contribution in [0.5, 0.6) is 0 Å². The Morgan fingerprint density at radius 3 is 2.63 bits per heavy atom. The van der Waals surface area contributed by atoms with Crippen LogP contribution in [0.3, 0.4) is 0 Å². The molecule has 1 atom stereocenters. The summed E-state index contributed by atoms with van der Waals surface area (Å²) in [6.07, 6.45) is 0.774. The smallest absolute Gasteiger partial charge is 0.396 e. The number of imidazole rings is 1. The summed E-state index contributed by atoms with van der Waals surface area (Å²) in [5.74, 6) is 0.417. The summed E-state index contributed by atoms with van der Waals surface area (Å²) >= 11 is 0. The number of halogens is 3. The molecule has 0 radical (unpaired) electrons. The maximum Gasteiger partial charge on any atom is 0.433 e. The summed E-state index contributed by atoms with van der Waals surface area (Å²) in [7, 11) is 0. The predicted octanol–water partition coefficient (Wildman–Crippen LogP) is 4.09. The van der Waals surface area contributed by atoms with Gasteiger partial charge in [0.2, 0.25) is 0 Å². The molecule has 2 aromatic heterocycles. The number of hydrogen-bond donors (Lipinski definition) is 1. The molecule has 27 heavy (non-hydrogen) atoms. The lowest BCUT2D eigenvalue weighted by Crippen LogP contribution is -2.20. The Morgan fingerprint density at radius 2 is 2.04 bits per heavy atom. The standard InChI is InChI=1S/C19H24F3N3O2/c1-12(11-26)15(27)7-2-3-8-17-23-14-9-10-16(19(20,21)22)24-18(14)25(17)13-5-4-6-13/h9-10,12-13,26H,2-8,11H2,1H3/t12-/m0/s1. The van der Waals surface area contributed by atoms with Gasteiger partial charge in [0.05, 0.1) is 6.61 Å². The molecule has 2 heterocycles. The van der Waals surface area contributed by atoms with E-state index in [0.717, 1.165) is 31.2 Å². The lowest BCUT2D eigenvalue weighted by atomic mass is 9.92. The first-order valence-corrected chi connectivity index (χ1v) is 9.40. The third-order valence-electron chi connectivity index (χ3n) is 5.24. The molecule has 1 N–H and O–H groups in total. The number of hydrogen-bond acceptors (Lipinski definition) is 4. The van der Waals surface area contributed by atoms with Crippen molar-refractivity contribution in [2.24, 2.45) is 5.92 Å². The van der Waals surface area contributed by atoms with E-state index in [1.807, 2.05) is 4.57 Å². The monoisotopic (exact) mass is 383 g/mol. The second kappa shape index (κ2) is 7.96. The van der Waals surface area contributed by atoms with Crippen molar-refractivity contribution in [3.05, 3.63) is 23.7 Å². The summed E-state index contributed by atoms with van der Waals surface area (Å²) < 4.78 is 41.0. The average Bonchev–Trinajstić information content (AvgIpc) is 2.93. The van der Waals surface area contributed by atoms with Crippen molar-refractivity contribution in [1.82, 2.24) is 14.5 Å². The van der Waals surface area contributed by atoms with Gasteiger partial charge in [0.1, 0.15) is 22.8 Å². The van der Waals surface area contributed by atoms with Gasteiger partial charge in [-0.05, 0) is 44.2 Å². The van der Waals surface area contributed by atoms with Crippen molar-refractivity contribution in [2.75, 3.05) is 6.61 Å². The Bertz CT molecular complexity index is 812. The second-order valence-electron chi connectivity index (χ2n) is 7.28. The first kappa shape index (κ1) is 19.8. The number of pyridine rings is 1. The molecule has 5 nitrogen and oxygen atoms in total. The molecule has 0 aromatic carbocycles. The molecule has 1 aliphatic carbocycles. The molecular formula is C19H24F3N3O2. The highest BCUT2D eigenvalue weighted by molar-refractivity contribution is 5.80. The van der Waals surface area contributed by atoms with E-state index in [1.54, 1.807) is 6.92 Å². The van der Waals surface area contributed by atoms with Crippen LogP contribution in [0.15, 0.2) is 12.1 Å². The zero-order valence-electron chi connectivity index (χ0n) is 15.3. The molecule has 0 amide bonds. The first-order chi connectivity index (χ1) is 12.8. The molecule has 0 saturated heterocycles. The van der Waals surface area contributed by atoms with Crippen molar-refractivity contribution < 1.29 is 23.1 Å². The van der Waals surface area contributed by atoms with Crippen LogP contribution < -0.4 is 0 Å². The lowest BCUT2D eigenvalue weighted by Gasteiger charge is -2.28. The Labute approximate surface area is 155 Å². The number of rotatable bonds is 8. The van der Waals surface area contributed by atoms with Gasteiger partial charge < -0.3 is 9.67 Å². The quantitative estimate of drug-likeness (QED) is 0.698. The number of Topliss-reactive ketones (excluding diaryl/α,β-unsaturated/α-hetero) is 1. The molecule has 1 aliphatic rings. The third-order valence-corrected chi connectivity index (χ3v) is 5.24. The van der Waals surface area contributed by atoms with Crippen molar-refractivity contribution in [3.63, 3.8) is 0 Å². The first-order valence-electron chi connectivity index (χ1n) is 9.40. The molecule has 0 bridgehead atoms. The van der Waals surface area contributed by atoms with Gasteiger partial charge in [0, 0.05) is 24.8 Å². The third kappa shape index (κ3) is 4.31. The van der Waals surface area contributed by atoms with Crippen molar-refractivity contribution in [1.29, 1.82) is 0 Å². The number of aliphatic hydroxyl groups excluding tert-OH is 1. The Balaban J connectivity index is 1.77. The number of aromatic nitrogens is 3. The number of ketones is 1. The predicted molar refractivity (Wildman–Crippen MR) is 94.2 cm³/mol. The van der Waals surface area contributed by atoms with Gasteiger partial charge in [-0.25, -0.2) is 9.97 Å². The maximum absolute atomic E-state index is 13.0. The SMILES string of the molecule is C[C@@H](CO)C(=O)CCCCc1nc2ccc(C(F)(F)F)nc2n1C1CCC1. The van der Waals surface area contributed by atoms with Crippen LogP contribution in [-0.4, -0.2) is 32.0 Å². The largest absolute Gasteiger partial charge is 0.433 e. The molecular weight excluding hydrogens is 359 g/mol. The minimum atomic E-state index is -4.48. The number of aryl methyl sites for hydroxylation is 1. The van der Waals surface area contributed by atoms with E-state index < -0.39 is 11.9 Å². The fraction of sp³-hybridized carbons (Fsp3) is 0.632. The summed E-state index contributed by atoms with van der Waals surface area (Å²) in [6, 6.07) is 2.51. The van der Waals surface area contributed by atoms with Crippen LogP contribution in [0.25, 0.3) is 11.2 Å². The van der Waals surface area contributed by atoms with Crippen molar-refractivity contribution in [2.45, 2.75) is 64.1 Å². The molecule has 0 aliphatic heterocycles. The molecule has 2 aromatic rings. The van der Waals surface area contributed by atoms with Gasteiger partial charge in [0.25, 0.3) is 0 Å². The maximum atomic E-state index is 13.0. The Morgan fingerprint density at radius 1 is 1.30 bits per heavy atom. The summed E-state index contributed by atoms with van der Waals surface area (Å²) in [4.78, 5) is 20.2. The molecule has 1 fully saturated rings. The van der Waals surface area contributed by atoms with Gasteiger partial charge >= 0.3 is 6.18 Å². The van der Waals surface area contributed by atoms with Crippen molar-refractivity contribution >= 4 is 16.9 Å². The average molecular weight is 383 g/mol. The molecule has 0 spiro atoms. The van der Waals surface area contributed by atoms with E-state index in [1.165, 1.54) is 6.07 Å². The number of carbonyl (C=O) groups excluding carboxylic acids is 1. The van der Waals surface area contributed by atoms with Crippen LogP contribution >= 0.6 is 0 Å². The fourth-order valence-corrected chi connectivity index (χ4v) is 3.31. The van der Waals surface area contributed by atoms with E-state index in [4.69, 9.17) is 5.11 Å². The van der Waals surface area contributed by atoms with Gasteiger partial charge in [-0.3, -0.25) is 4.79 Å². The van der Waals surface area contributed by atoms with Crippen LogP contribution in [0.1, 0.15) is 63.0 Å². The lowest BCUT2D eigenvalue weighted by molar-refractivity contribution is -0.141. The number of unbranched alkanes of at least 4 members (excludes halogenated alkanes) is 1.